The van der Waals surface area contributed by atoms with Gasteiger partial charge in [0, 0.05) is 30.5 Å². The average molecular weight is 500 g/mol. The molecule has 0 aliphatic carbocycles. The monoisotopic (exact) mass is 499 g/mol. The molecule has 0 aliphatic rings. The van der Waals surface area contributed by atoms with E-state index in [0.29, 0.717) is 35.2 Å². The SMILES string of the molecule is O=C(NCCNC(c1ccccc1)c1ccccc1)Nc1cccc(C(=O)Nc2ccc(Cl)cn2)c1. The molecule has 0 radical (unpaired) electrons. The molecule has 8 heteroatoms. The Morgan fingerprint density at radius 3 is 2.11 bits per heavy atom. The van der Waals surface area contributed by atoms with E-state index in [9.17, 15) is 9.59 Å². The van der Waals surface area contributed by atoms with E-state index in [2.05, 4.69) is 50.5 Å². The maximum Gasteiger partial charge on any atom is 0.319 e. The Kier molecular flexibility index (Phi) is 8.64. The Morgan fingerprint density at radius 2 is 1.47 bits per heavy atom. The molecule has 0 atom stereocenters. The average Bonchev–Trinajstić information content (AvgIpc) is 2.91. The molecule has 0 spiro atoms. The summed E-state index contributed by atoms with van der Waals surface area (Å²) < 4.78 is 0. The third-order valence-corrected chi connectivity index (χ3v) is 5.60. The molecule has 182 valence electrons. The zero-order chi connectivity index (χ0) is 25.2. The first-order valence-electron chi connectivity index (χ1n) is 11.5. The first kappa shape index (κ1) is 24.9. The minimum Gasteiger partial charge on any atom is -0.337 e. The lowest BCUT2D eigenvalue weighted by molar-refractivity contribution is 0.102. The molecule has 36 heavy (non-hydrogen) atoms. The molecular formula is C28H26ClN5O2. The third-order valence-electron chi connectivity index (χ3n) is 5.38. The lowest BCUT2D eigenvalue weighted by Gasteiger charge is -2.20. The molecule has 7 nitrogen and oxygen atoms in total. The van der Waals surface area contributed by atoms with Crippen LogP contribution in [0.2, 0.25) is 5.02 Å². The topological polar surface area (TPSA) is 95.2 Å². The number of hydrogen-bond donors (Lipinski definition) is 4. The van der Waals surface area contributed by atoms with Crippen LogP contribution >= 0.6 is 11.6 Å². The number of rotatable bonds is 9. The molecular weight excluding hydrogens is 474 g/mol. The van der Waals surface area contributed by atoms with Crippen LogP contribution in [-0.2, 0) is 0 Å². The predicted octanol–water partition coefficient (Wildman–Crippen LogP) is 5.49. The molecule has 4 rings (SSSR count). The van der Waals surface area contributed by atoms with Crippen molar-refractivity contribution in [1.82, 2.24) is 15.6 Å². The van der Waals surface area contributed by atoms with Crippen LogP contribution < -0.4 is 21.3 Å². The Labute approximate surface area is 214 Å². The van der Waals surface area contributed by atoms with Crippen LogP contribution in [0.1, 0.15) is 27.5 Å². The first-order chi connectivity index (χ1) is 17.6. The van der Waals surface area contributed by atoms with Gasteiger partial charge < -0.3 is 21.3 Å². The van der Waals surface area contributed by atoms with Crippen molar-refractivity contribution in [3.8, 4) is 0 Å². The second-order valence-electron chi connectivity index (χ2n) is 7.99. The summed E-state index contributed by atoms with van der Waals surface area (Å²) in [5, 5.41) is 12.3. The smallest absolute Gasteiger partial charge is 0.319 e. The van der Waals surface area contributed by atoms with Crippen LogP contribution in [0.25, 0.3) is 0 Å². The van der Waals surface area contributed by atoms with Crippen molar-refractivity contribution in [2.45, 2.75) is 6.04 Å². The van der Waals surface area contributed by atoms with E-state index in [4.69, 9.17) is 11.6 Å². The van der Waals surface area contributed by atoms with Gasteiger partial charge in [-0.3, -0.25) is 4.79 Å². The number of amides is 3. The highest BCUT2D eigenvalue weighted by molar-refractivity contribution is 6.30. The van der Waals surface area contributed by atoms with Crippen molar-refractivity contribution >= 4 is 35.0 Å². The summed E-state index contributed by atoms with van der Waals surface area (Å²) in [5.74, 6) is 0.0447. The Morgan fingerprint density at radius 1 is 0.778 bits per heavy atom. The van der Waals surface area contributed by atoms with Gasteiger partial charge in [0.25, 0.3) is 5.91 Å². The highest BCUT2D eigenvalue weighted by Crippen LogP contribution is 2.21. The van der Waals surface area contributed by atoms with Crippen molar-refractivity contribution in [2.75, 3.05) is 23.7 Å². The molecule has 0 unspecified atom stereocenters. The van der Waals surface area contributed by atoms with Gasteiger partial charge in [-0.2, -0.15) is 0 Å². The highest BCUT2D eigenvalue weighted by atomic mass is 35.5. The van der Waals surface area contributed by atoms with Crippen molar-refractivity contribution in [3.63, 3.8) is 0 Å². The number of urea groups is 1. The van der Waals surface area contributed by atoms with Crippen molar-refractivity contribution in [2.24, 2.45) is 0 Å². The molecule has 0 fully saturated rings. The maximum absolute atomic E-state index is 12.5. The predicted molar refractivity (Wildman–Crippen MR) is 143 cm³/mol. The van der Waals surface area contributed by atoms with E-state index in [-0.39, 0.29) is 18.0 Å². The van der Waals surface area contributed by atoms with Crippen LogP contribution in [0.15, 0.2) is 103 Å². The number of benzene rings is 3. The Hall–Kier alpha value is -4.20. The van der Waals surface area contributed by atoms with E-state index >= 15 is 0 Å². The fourth-order valence-corrected chi connectivity index (χ4v) is 3.78. The summed E-state index contributed by atoms with van der Waals surface area (Å²) in [4.78, 5) is 29.0. The van der Waals surface area contributed by atoms with Gasteiger partial charge >= 0.3 is 6.03 Å². The summed E-state index contributed by atoms with van der Waals surface area (Å²) in [6.07, 6.45) is 1.45. The van der Waals surface area contributed by atoms with Gasteiger partial charge in [-0.15, -0.1) is 0 Å². The number of carbonyl (C=O) groups excluding carboxylic acids is 2. The zero-order valence-electron chi connectivity index (χ0n) is 19.4. The van der Waals surface area contributed by atoms with Gasteiger partial charge in [0.1, 0.15) is 5.82 Å². The van der Waals surface area contributed by atoms with Crippen molar-refractivity contribution in [1.29, 1.82) is 0 Å². The van der Waals surface area contributed by atoms with Crippen LogP contribution in [0, 0.1) is 0 Å². The normalized spacial score (nSPS) is 10.6. The number of aromatic nitrogens is 1. The largest absolute Gasteiger partial charge is 0.337 e. The third kappa shape index (κ3) is 7.15. The second-order valence-corrected chi connectivity index (χ2v) is 8.42. The van der Waals surface area contributed by atoms with E-state index in [1.165, 1.54) is 6.20 Å². The minimum atomic E-state index is -0.357. The Balaban J connectivity index is 1.28. The molecule has 0 saturated carbocycles. The first-order valence-corrected chi connectivity index (χ1v) is 11.9. The number of carbonyl (C=O) groups is 2. The van der Waals surface area contributed by atoms with E-state index in [1.807, 2.05) is 36.4 Å². The van der Waals surface area contributed by atoms with Gasteiger partial charge in [0.2, 0.25) is 0 Å². The van der Waals surface area contributed by atoms with Gasteiger partial charge in [-0.05, 0) is 41.5 Å². The highest BCUT2D eigenvalue weighted by Gasteiger charge is 2.13. The van der Waals surface area contributed by atoms with E-state index < -0.39 is 0 Å². The number of nitrogens with zero attached hydrogens (tertiary/aromatic N) is 1. The summed E-state index contributed by atoms with van der Waals surface area (Å²) in [7, 11) is 0. The van der Waals surface area contributed by atoms with E-state index in [1.54, 1.807) is 36.4 Å². The fraction of sp³-hybridized carbons (Fsp3) is 0.107. The molecule has 3 amide bonds. The molecule has 1 aromatic heterocycles. The lowest BCUT2D eigenvalue weighted by atomic mass is 9.99. The molecule has 0 saturated heterocycles. The second kappa shape index (κ2) is 12.5. The lowest BCUT2D eigenvalue weighted by Crippen LogP contribution is -2.36. The molecule has 3 aromatic carbocycles. The summed E-state index contributed by atoms with van der Waals surface area (Å²) in [5.41, 5.74) is 3.19. The van der Waals surface area contributed by atoms with Crippen LogP contribution in [0.4, 0.5) is 16.3 Å². The number of nitrogens with one attached hydrogen (secondary N) is 4. The summed E-state index contributed by atoms with van der Waals surface area (Å²) in [6, 6.07) is 29.9. The van der Waals surface area contributed by atoms with Crippen LogP contribution in [-0.4, -0.2) is 30.0 Å². The standard InChI is InChI=1S/C28H26ClN5O2/c29-23-14-15-25(32-19-23)34-27(35)22-12-7-13-24(18-22)33-28(36)31-17-16-30-26(20-8-3-1-4-9-20)21-10-5-2-6-11-21/h1-15,18-19,26,30H,16-17H2,(H2,31,33,36)(H,32,34,35). The summed E-state index contributed by atoms with van der Waals surface area (Å²) in [6.45, 7) is 0.989. The summed E-state index contributed by atoms with van der Waals surface area (Å²) >= 11 is 5.83. The number of hydrogen-bond acceptors (Lipinski definition) is 4. The maximum atomic E-state index is 12.5. The molecule has 0 bridgehead atoms. The molecule has 0 aliphatic heterocycles. The number of pyridine rings is 1. The van der Waals surface area contributed by atoms with Gasteiger partial charge in [0.15, 0.2) is 0 Å². The molecule has 1 heterocycles. The van der Waals surface area contributed by atoms with Crippen molar-refractivity contribution < 1.29 is 9.59 Å². The van der Waals surface area contributed by atoms with Crippen LogP contribution in [0.3, 0.4) is 0 Å². The van der Waals surface area contributed by atoms with Gasteiger partial charge in [-0.1, -0.05) is 78.3 Å². The zero-order valence-corrected chi connectivity index (χ0v) is 20.2. The number of halogens is 1. The van der Waals surface area contributed by atoms with Gasteiger partial charge in [0.05, 0.1) is 11.1 Å². The van der Waals surface area contributed by atoms with Crippen LogP contribution in [0.5, 0.6) is 0 Å². The molecule has 4 N–H and O–H groups in total. The molecule has 4 aromatic rings. The number of anilines is 2. The Bertz CT molecular complexity index is 1240. The minimum absolute atomic E-state index is 0.0163. The quantitative estimate of drug-likeness (QED) is 0.229. The van der Waals surface area contributed by atoms with Gasteiger partial charge in [-0.25, -0.2) is 9.78 Å². The van der Waals surface area contributed by atoms with Crippen molar-refractivity contribution in [3.05, 3.63) is 125 Å². The van der Waals surface area contributed by atoms with E-state index in [0.717, 1.165) is 11.1 Å². The fourth-order valence-electron chi connectivity index (χ4n) is 3.66.